The summed E-state index contributed by atoms with van der Waals surface area (Å²) in [5.41, 5.74) is 8.10. The van der Waals surface area contributed by atoms with Crippen molar-refractivity contribution in [3.63, 3.8) is 0 Å². The quantitative estimate of drug-likeness (QED) is 0.864. The molecule has 2 rings (SSSR count). The van der Waals surface area contributed by atoms with E-state index in [2.05, 4.69) is 27.8 Å². The maximum atomic E-state index is 13.4. The summed E-state index contributed by atoms with van der Waals surface area (Å²) >= 11 is 3.25. The Hall–Kier alpha value is -0.610. The van der Waals surface area contributed by atoms with E-state index in [-0.39, 0.29) is 11.9 Å². The van der Waals surface area contributed by atoms with E-state index < -0.39 is 0 Å². The van der Waals surface area contributed by atoms with Gasteiger partial charge in [0.2, 0.25) is 0 Å². The number of hydrogen-bond donors (Lipinski definition) is 1. The molecule has 0 saturated carbocycles. The number of hydrogen-bond acceptors (Lipinski definition) is 2. The molecule has 0 radical (unpaired) electrons. The molecular weight excluding hydrogens is 283 g/mol. The van der Waals surface area contributed by atoms with Crippen LogP contribution in [-0.2, 0) is 0 Å². The molecule has 1 aromatic carbocycles. The second-order valence-corrected chi connectivity index (χ2v) is 5.78. The molecule has 1 fully saturated rings. The van der Waals surface area contributed by atoms with Gasteiger partial charge in [-0.2, -0.15) is 0 Å². The van der Waals surface area contributed by atoms with Crippen molar-refractivity contribution in [2.45, 2.75) is 26.3 Å². The van der Waals surface area contributed by atoms with Crippen LogP contribution in [0.15, 0.2) is 16.6 Å². The van der Waals surface area contributed by atoms with Gasteiger partial charge in [-0.05, 0) is 52.9 Å². The summed E-state index contributed by atoms with van der Waals surface area (Å²) in [5.74, 6) is 0.278. The van der Waals surface area contributed by atoms with E-state index in [9.17, 15) is 4.39 Å². The zero-order valence-electron chi connectivity index (χ0n) is 10.2. The van der Waals surface area contributed by atoms with Crippen molar-refractivity contribution in [1.29, 1.82) is 0 Å². The second kappa shape index (κ2) is 4.94. The van der Waals surface area contributed by atoms with Gasteiger partial charge in [0.1, 0.15) is 5.82 Å². The van der Waals surface area contributed by atoms with Crippen molar-refractivity contribution in [1.82, 2.24) is 0 Å². The minimum Gasteiger partial charge on any atom is -0.371 e. The van der Waals surface area contributed by atoms with Crippen molar-refractivity contribution in [2.75, 3.05) is 18.0 Å². The fraction of sp³-hybridized carbons (Fsp3) is 0.538. The van der Waals surface area contributed by atoms with Crippen LogP contribution in [0.3, 0.4) is 0 Å². The van der Waals surface area contributed by atoms with Gasteiger partial charge in [0.05, 0.1) is 4.47 Å². The third kappa shape index (κ3) is 2.63. The summed E-state index contributed by atoms with van der Waals surface area (Å²) < 4.78 is 13.9. The molecule has 1 aliphatic heterocycles. The van der Waals surface area contributed by atoms with Crippen molar-refractivity contribution >= 4 is 21.6 Å². The molecule has 1 aromatic rings. The summed E-state index contributed by atoms with van der Waals surface area (Å²) in [5, 5.41) is 0. The highest BCUT2D eigenvalue weighted by Crippen LogP contribution is 2.30. The summed E-state index contributed by atoms with van der Waals surface area (Å²) in [6.45, 7) is 6.01. The molecule has 0 aliphatic carbocycles. The first-order valence-electron chi connectivity index (χ1n) is 5.95. The average Bonchev–Trinajstić information content (AvgIpc) is 2.27. The largest absolute Gasteiger partial charge is 0.371 e. The van der Waals surface area contributed by atoms with Gasteiger partial charge in [-0.15, -0.1) is 0 Å². The Morgan fingerprint density at radius 1 is 1.47 bits per heavy atom. The molecule has 17 heavy (non-hydrogen) atoms. The van der Waals surface area contributed by atoms with Gasteiger partial charge in [0, 0.05) is 24.8 Å². The van der Waals surface area contributed by atoms with Crippen LogP contribution in [0.4, 0.5) is 10.1 Å². The lowest BCUT2D eigenvalue weighted by Gasteiger charge is -2.37. The molecule has 1 saturated heterocycles. The summed E-state index contributed by atoms with van der Waals surface area (Å²) in [4.78, 5) is 2.30. The number of piperidine rings is 1. The highest BCUT2D eigenvalue weighted by Gasteiger charge is 2.24. The molecule has 2 N–H and O–H groups in total. The van der Waals surface area contributed by atoms with Gasteiger partial charge in [-0.3, -0.25) is 0 Å². The molecule has 1 heterocycles. The van der Waals surface area contributed by atoms with Crippen molar-refractivity contribution in [3.05, 3.63) is 28.0 Å². The van der Waals surface area contributed by atoms with Crippen LogP contribution in [0.2, 0.25) is 0 Å². The minimum atomic E-state index is -0.201. The molecule has 2 nitrogen and oxygen atoms in total. The van der Waals surface area contributed by atoms with Crippen LogP contribution in [-0.4, -0.2) is 19.1 Å². The zero-order valence-corrected chi connectivity index (χ0v) is 11.8. The Morgan fingerprint density at radius 2 is 2.18 bits per heavy atom. The van der Waals surface area contributed by atoms with E-state index in [1.165, 1.54) is 0 Å². The highest BCUT2D eigenvalue weighted by atomic mass is 79.9. The van der Waals surface area contributed by atoms with Crippen LogP contribution < -0.4 is 10.6 Å². The number of anilines is 1. The van der Waals surface area contributed by atoms with Crippen LogP contribution in [0.25, 0.3) is 0 Å². The van der Waals surface area contributed by atoms with Gasteiger partial charge in [0.25, 0.3) is 0 Å². The van der Waals surface area contributed by atoms with E-state index in [0.29, 0.717) is 10.4 Å². The van der Waals surface area contributed by atoms with Crippen LogP contribution in [0.5, 0.6) is 0 Å². The Bertz CT molecular complexity index is 422. The molecule has 4 heteroatoms. The van der Waals surface area contributed by atoms with Gasteiger partial charge in [-0.25, -0.2) is 4.39 Å². The van der Waals surface area contributed by atoms with E-state index in [1.807, 2.05) is 13.0 Å². The van der Waals surface area contributed by atoms with E-state index in [1.54, 1.807) is 6.07 Å². The standard InChI is InChI=1S/C13H18BrFN2/c1-8-5-11(15)10(14)6-13(8)17-4-3-12(16)9(2)7-17/h5-6,9,12H,3-4,7,16H2,1-2H3. The van der Waals surface area contributed by atoms with Gasteiger partial charge in [-0.1, -0.05) is 6.92 Å². The van der Waals surface area contributed by atoms with Gasteiger partial charge >= 0.3 is 0 Å². The van der Waals surface area contributed by atoms with E-state index >= 15 is 0 Å². The number of rotatable bonds is 1. The number of nitrogens with zero attached hydrogens (tertiary/aromatic N) is 1. The molecule has 94 valence electrons. The first kappa shape index (κ1) is 12.8. The fourth-order valence-electron chi connectivity index (χ4n) is 2.36. The predicted molar refractivity (Wildman–Crippen MR) is 72.8 cm³/mol. The van der Waals surface area contributed by atoms with E-state index in [0.717, 1.165) is 30.8 Å². The molecule has 1 aliphatic rings. The highest BCUT2D eigenvalue weighted by molar-refractivity contribution is 9.10. The van der Waals surface area contributed by atoms with E-state index in [4.69, 9.17) is 5.73 Å². The monoisotopic (exact) mass is 300 g/mol. The van der Waals surface area contributed by atoms with Crippen LogP contribution in [0, 0.1) is 18.7 Å². The minimum absolute atomic E-state index is 0.201. The fourth-order valence-corrected chi connectivity index (χ4v) is 2.69. The lowest BCUT2D eigenvalue weighted by Crippen LogP contribution is -2.46. The normalized spacial score (nSPS) is 25.1. The Kier molecular flexibility index (Phi) is 3.73. The third-order valence-electron chi connectivity index (χ3n) is 3.55. The van der Waals surface area contributed by atoms with Gasteiger partial charge < -0.3 is 10.6 Å². The second-order valence-electron chi connectivity index (χ2n) is 4.93. The number of aryl methyl sites for hydroxylation is 1. The lowest BCUT2D eigenvalue weighted by molar-refractivity contribution is 0.382. The maximum Gasteiger partial charge on any atom is 0.137 e. The van der Waals surface area contributed by atoms with Crippen LogP contribution in [0.1, 0.15) is 18.9 Å². The predicted octanol–water partition coefficient (Wildman–Crippen LogP) is 3.07. The van der Waals surface area contributed by atoms with Crippen molar-refractivity contribution in [3.8, 4) is 0 Å². The molecule has 2 unspecified atom stereocenters. The Labute approximate surface area is 110 Å². The summed E-state index contributed by atoms with van der Waals surface area (Å²) in [7, 11) is 0. The number of nitrogens with two attached hydrogens (primary N) is 1. The van der Waals surface area contributed by atoms with Crippen molar-refractivity contribution < 1.29 is 4.39 Å². The first-order chi connectivity index (χ1) is 7.99. The summed E-state index contributed by atoms with van der Waals surface area (Å²) in [6.07, 6.45) is 0.996. The molecule has 0 spiro atoms. The topological polar surface area (TPSA) is 29.3 Å². The Morgan fingerprint density at radius 3 is 2.82 bits per heavy atom. The Balaban J connectivity index is 2.26. The summed E-state index contributed by atoms with van der Waals surface area (Å²) in [6, 6.07) is 3.74. The van der Waals surface area contributed by atoms with Crippen LogP contribution >= 0.6 is 15.9 Å². The number of halogens is 2. The smallest absolute Gasteiger partial charge is 0.137 e. The maximum absolute atomic E-state index is 13.4. The SMILES string of the molecule is Cc1cc(F)c(Br)cc1N1CCC(N)C(C)C1. The molecule has 2 atom stereocenters. The third-order valence-corrected chi connectivity index (χ3v) is 4.16. The lowest BCUT2D eigenvalue weighted by atomic mass is 9.94. The van der Waals surface area contributed by atoms with Gasteiger partial charge in [0.15, 0.2) is 0 Å². The average molecular weight is 301 g/mol. The number of benzene rings is 1. The zero-order chi connectivity index (χ0) is 12.6. The molecule has 0 bridgehead atoms. The molecule has 0 aromatic heterocycles. The van der Waals surface area contributed by atoms with Crippen molar-refractivity contribution in [2.24, 2.45) is 11.7 Å². The molecule has 0 amide bonds. The first-order valence-corrected chi connectivity index (χ1v) is 6.74. The molecular formula is C13H18BrFN2.